The van der Waals surface area contributed by atoms with Gasteiger partial charge in [0.15, 0.2) is 5.82 Å². The number of pyridine rings is 1. The highest BCUT2D eigenvalue weighted by Gasteiger charge is 2.38. The lowest BCUT2D eigenvalue weighted by Gasteiger charge is -2.38. The molecule has 36 heavy (non-hydrogen) atoms. The fourth-order valence-corrected chi connectivity index (χ4v) is 4.53. The van der Waals surface area contributed by atoms with Crippen LogP contribution in [0.1, 0.15) is 36.9 Å². The molecule has 1 amide bonds. The molecule has 3 N–H and O–H groups in total. The molecule has 1 saturated heterocycles. The average molecular weight is 487 g/mol. The minimum absolute atomic E-state index is 0.317. The zero-order valence-corrected chi connectivity index (χ0v) is 19.9. The van der Waals surface area contributed by atoms with Crippen LogP contribution < -0.4 is 5.73 Å². The number of ether oxygens (including phenoxy) is 2. The van der Waals surface area contributed by atoms with E-state index in [4.69, 9.17) is 20.2 Å². The Morgan fingerprint density at radius 2 is 1.72 bits per heavy atom. The Kier molecular flexibility index (Phi) is 6.63. The van der Waals surface area contributed by atoms with Crippen molar-refractivity contribution < 1.29 is 18.7 Å². The van der Waals surface area contributed by atoms with E-state index in [9.17, 15) is 9.18 Å². The second-order valence-corrected chi connectivity index (χ2v) is 9.42. The van der Waals surface area contributed by atoms with Crippen molar-refractivity contribution in [1.29, 1.82) is 0 Å². The predicted octanol–water partition coefficient (Wildman–Crippen LogP) is 4.99. The van der Waals surface area contributed by atoms with E-state index < -0.39 is 17.6 Å². The molecule has 4 aromatic rings. The van der Waals surface area contributed by atoms with Gasteiger partial charge in [-0.1, -0.05) is 37.3 Å². The Morgan fingerprint density at radius 3 is 2.36 bits per heavy atom. The van der Waals surface area contributed by atoms with Crippen molar-refractivity contribution >= 4 is 5.91 Å². The van der Waals surface area contributed by atoms with Gasteiger partial charge in [-0.25, -0.2) is 9.37 Å². The van der Waals surface area contributed by atoms with Crippen LogP contribution in [-0.2, 0) is 14.3 Å². The molecular formula is C28H27FN4O3. The molecule has 1 aliphatic heterocycles. The quantitative estimate of drug-likeness (QED) is 0.383. The Morgan fingerprint density at radius 1 is 1.06 bits per heavy atom. The van der Waals surface area contributed by atoms with Gasteiger partial charge < -0.3 is 20.2 Å². The molecule has 3 heterocycles. The minimum Gasteiger partial charge on any atom is -0.369 e. The van der Waals surface area contributed by atoms with Gasteiger partial charge in [0.2, 0.25) is 12.2 Å². The van der Waals surface area contributed by atoms with Crippen LogP contribution in [0.15, 0.2) is 79.1 Å². The summed E-state index contributed by atoms with van der Waals surface area (Å²) in [6.45, 7) is 2.76. The number of nitrogens with one attached hydrogen (secondary N) is 1. The van der Waals surface area contributed by atoms with Crippen LogP contribution in [0, 0.1) is 11.2 Å². The Bertz CT molecular complexity index is 1320. The molecule has 7 nitrogen and oxygen atoms in total. The smallest absolute Gasteiger partial charge is 0.224 e. The van der Waals surface area contributed by atoms with E-state index in [-0.39, 0.29) is 11.7 Å². The van der Waals surface area contributed by atoms with Crippen LogP contribution >= 0.6 is 0 Å². The maximum atomic E-state index is 13.5. The first-order valence-corrected chi connectivity index (χ1v) is 11.8. The summed E-state index contributed by atoms with van der Waals surface area (Å²) in [5, 5.41) is 0. The fraction of sp³-hybridized carbons (Fsp3) is 0.250. The number of H-pyrrole nitrogens is 1. The van der Waals surface area contributed by atoms with Crippen LogP contribution in [0.5, 0.6) is 0 Å². The largest absolute Gasteiger partial charge is 0.369 e. The number of benzene rings is 2. The van der Waals surface area contributed by atoms with Crippen molar-refractivity contribution in [2.75, 3.05) is 13.2 Å². The highest BCUT2D eigenvalue weighted by molar-refractivity contribution is 5.82. The number of nitrogens with zero attached hydrogens (tertiary/aromatic N) is 2. The summed E-state index contributed by atoms with van der Waals surface area (Å²) in [5.74, 6) is -0.617. The van der Waals surface area contributed by atoms with Gasteiger partial charge in [0.05, 0.1) is 30.5 Å². The fourth-order valence-electron chi connectivity index (χ4n) is 4.53. The SMILES string of the molecule is CC1(CC(C(N)=O)c2ccccc2)COC(c2nc(-c3ccc(F)cc3)c(-c3ccncc3)[nH]2)OC1. The molecule has 184 valence electrons. The first-order chi connectivity index (χ1) is 17.4. The van der Waals surface area contributed by atoms with Gasteiger partial charge in [-0.2, -0.15) is 0 Å². The van der Waals surface area contributed by atoms with Crippen LogP contribution in [0.3, 0.4) is 0 Å². The first-order valence-electron chi connectivity index (χ1n) is 11.8. The van der Waals surface area contributed by atoms with Gasteiger partial charge in [0.25, 0.3) is 0 Å². The summed E-state index contributed by atoms with van der Waals surface area (Å²) in [4.78, 5) is 24.4. The molecule has 2 aromatic carbocycles. The number of aromatic amines is 1. The Balaban J connectivity index is 1.37. The van der Waals surface area contributed by atoms with Gasteiger partial charge in [0.1, 0.15) is 5.82 Å². The molecule has 1 aliphatic rings. The number of rotatable bonds is 7. The summed E-state index contributed by atoms with van der Waals surface area (Å²) in [7, 11) is 0. The lowest BCUT2D eigenvalue weighted by Crippen LogP contribution is -2.39. The standard InChI is InChI=1S/C28H27FN4O3/c1-28(15-22(25(30)34)18-5-3-2-4-6-18)16-35-27(36-17-28)26-32-23(19-7-9-21(29)10-8-19)24(33-26)20-11-13-31-14-12-20/h2-14,22,27H,15-17H2,1H3,(H2,30,34)(H,32,33). The molecule has 0 radical (unpaired) electrons. The number of hydrogen-bond donors (Lipinski definition) is 2. The van der Waals surface area contributed by atoms with Gasteiger partial charge in [-0.3, -0.25) is 9.78 Å². The highest BCUT2D eigenvalue weighted by atomic mass is 19.1. The molecule has 1 atom stereocenters. The number of imidazole rings is 1. The van der Waals surface area contributed by atoms with Crippen molar-refractivity contribution in [1.82, 2.24) is 15.0 Å². The summed E-state index contributed by atoms with van der Waals surface area (Å²) < 4.78 is 25.8. The van der Waals surface area contributed by atoms with Crippen molar-refractivity contribution in [3.63, 3.8) is 0 Å². The molecule has 0 saturated carbocycles. The maximum Gasteiger partial charge on any atom is 0.224 e. The summed E-state index contributed by atoms with van der Waals surface area (Å²) in [6, 6.07) is 19.4. The van der Waals surface area contributed by atoms with E-state index in [2.05, 4.69) is 9.97 Å². The number of nitrogens with two attached hydrogens (primary N) is 1. The monoisotopic (exact) mass is 486 g/mol. The van der Waals surface area contributed by atoms with Crippen molar-refractivity contribution in [3.05, 3.63) is 96.3 Å². The number of halogens is 1. The average Bonchev–Trinajstić information content (AvgIpc) is 3.34. The number of primary amides is 1. The second kappa shape index (κ2) is 10.0. The minimum atomic E-state index is -0.711. The lowest BCUT2D eigenvalue weighted by atomic mass is 9.78. The van der Waals surface area contributed by atoms with Crippen LogP contribution in [0.4, 0.5) is 4.39 Å². The summed E-state index contributed by atoms with van der Waals surface area (Å²) in [5.41, 5.74) is 9.28. The molecule has 1 fully saturated rings. The molecule has 0 bridgehead atoms. The van der Waals surface area contributed by atoms with Gasteiger partial charge in [0, 0.05) is 28.9 Å². The summed E-state index contributed by atoms with van der Waals surface area (Å²) >= 11 is 0. The zero-order valence-electron chi connectivity index (χ0n) is 19.9. The predicted molar refractivity (Wildman–Crippen MR) is 133 cm³/mol. The topological polar surface area (TPSA) is 103 Å². The number of carbonyl (C=O) groups excluding carboxylic acids is 1. The van der Waals surface area contributed by atoms with E-state index in [1.807, 2.05) is 49.4 Å². The number of carbonyl (C=O) groups is 1. The number of aromatic nitrogens is 3. The number of hydrogen-bond acceptors (Lipinski definition) is 5. The third-order valence-corrected chi connectivity index (χ3v) is 6.44. The molecule has 0 spiro atoms. The van der Waals surface area contributed by atoms with E-state index in [1.54, 1.807) is 24.5 Å². The van der Waals surface area contributed by atoms with Gasteiger partial charge in [-0.05, 0) is 48.4 Å². The number of amides is 1. The van der Waals surface area contributed by atoms with E-state index in [1.165, 1.54) is 12.1 Å². The molecule has 8 heteroatoms. The molecular weight excluding hydrogens is 459 g/mol. The Hall–Kier alpha value is -3.88. The molecule has 5 rings (SSSR count). The zero-order chi connectivity index (χ0) is 25.1. The third kappa shape index (κ3) is 5.05. The van der Waals surface area contributed by atoms with Crippen LogP contribution in [0.25, 0.3) is 22.5 Å². The normalized spacial score (nSPS) is 20.7. The molecule has 0 aliphatic carbocycles. The van der Waals surface area contributed by atoms with E-state index in [0.717, 1.165) is 22.4 Å². The van der Waals surface area contributed by atoms with Gasteiger partial charge >= 0.3 is 0 Å². The highest BCUT2D eigenvalue weighted by Crippen LogP contribution is 2.39. The van der Waals surface area contributed by atoms with Crippen molar-refractivity contribution in [3.8, 4) is 22.5 Å². The van der Waals surface area contributed by atoms with Crippen LogP contribution in [0.2, 0.25) is 0 Å². The first kappa shape index (κ1) is 23.8. The third-order valence-electron chi connectivity index (χ3n) is 6.44. The summed E-state index contributed by atoms with van der Waals surface area (Å²) in [6.07, 6.45) is 3.19. The molecule has 1 unspecified atom stereocenters. The van der Waals surface area contributed by atoms with E-state index in [0.29, 0.717) is 31.2 Å². The lowest BCUT2D eigenvalue weighted by molar-refractivity contribution is -0.235. The van der Waals surface area contributed by atoms with Crippen LogP contribution in [-0.4, -0.2) is 34.1 Å². The van der Waals surface area contributed by atoms with E-state index >= 15 is 0 Å². The van der Waals surface area contributed by atoms with Gasteiger partial charge in [-0.15, -0.1) is 0 Å². The van der Waals surface area contributed by atoms with Crippen molar-refractivity contribution in [2.45, 2.75) is 25.6 Å². The maximum absolute atomic E-state index is 13.5. The Labute approximate surface area is 208 Å². The second-order valence-electron chi connectivity index (χ2n) is 9.42. The molecule has 2 aromatic heterocycles. The van der Waals surface area contributed by atoms with Crippen molar-refractivity contribution in [2.24, 2.45) is 11.1 Å².